The lowest BCUT2D eigenvalue weighted by atomic mass is 10.0. The quantitative estimate of drug-likeness (QED) is 0.817. The zero-order valence-corrected chi connectivity index (χ0v) is 15.9. The number of carbonyl (C=O) groups is 1. The summed E-state index contributed by atoms with van der Waals surface area (Å²) >= 11 is 0. The van der Waals surface area contributed by atoms with E-state index in [0.29, 0.717) is 17.9 Å². The summed E-state index contributed by atoms with van der Waals surface area (Å²) in [5.74, 6) is 2.88. The first-order chi connectivity index (χ1) is 12.5. The van der Waals surface area contributed by atoms with Crippen molar-refractivity contribution in [2.75, 3.05) is 13.1 Å². The molecule has 142 valence electrons. The molecule has 1 amide bonds. The molecule has 0 aromatic carbocycles. The number of hydrogen-bond acceptors (Lipinski definition) is 6. The van der Waals surface area contributed by atoms with Crippen molar-refractivity contribution in [3.63, 3.8) is 0 Å². The molecule has 0 spiro atoms. The van der Waals surface area contributed by atoms with E-state index >= 15 is 0 Å². The molecular weight excluding hydrogens is 332 g/mol. The van der Waals surface area contributed by atoms with Crippen LogP contribution < -0.4 is 5.32 Å². The SMILES string of the molecule is CCCCc1nc(CN2CCC(NC(=O)c3cc(C)oc3C)CC2)no1. The van der Waals surface area contributed by atoms with Gasteiger partial charge in [-0.3, -0.25) is 9.69 Å². The van der Waals surface area contributed by atoms with E-state index in [-0.39, 0.29) is 11.9 Å². The highest BCUT2D eigenvalue weighted by Crippen LogP contribution is 2.17. The van der Waals surface area contributed by atoms with Gasteiger partial charge < -0.3 is 14.3 Å². The first-order valence-electron chi connectivity index (χ1n) is 9.47. The lowest BCUT2D eigenvalue weighted by molar-refractivity contribution is 0.0906. The van der Waals surface area contributed by atoms with E-state index in [1.54, 1.807) is 6.07 Å². The number of nitrogens with one attached hydrogen (secondary N) is 1. The summed E-state index contributed by atoms with van der Waals surface area (Å²) in [7, 11) is 0. The summed E-state index contributed by atoms with van der Waals surface area (Å²) in [5.41, 5.74) is 0.635. The Labute approximate surface area is 154 Å². The fourth-order valence-electron chi connectivity index (χ4n) is 3.34. The summed E-state index contributed by atoms with van der Waals surface area (Å²) in [6.07, 6.45) is 4.88. The van der Waals surface area contributed by atoms with Crippen LogP contribution in [0.1, 0.15) is 66.2 Å². The van der Waals surface area contributed by atoms with E-state index in [1.165, 1.54) is 0 Å². The van der Waals surface area contributed by atoms with Crippen LogP contribution in [0.3, 0.4) is 0 Å². The molecule has 7 heteroatoms. The predicted molar refractivity (Wildman–Crippen MR) is 96.9 cm³/mol. The maximum Gasteiger partial charge on any atom is 0.255 e. The minimum Gasteiger partial charge on any atom is -0.466 e. The van der Waals surface area contributed by atoms with Crippen LogP contribution in [0.15, 0.2) is 15.0 Å². The maximum absolute atomic E-state index is 12.4. The highest BCUT2D eigenvalue weighted by atomic mass is 16.5. The monoisotopic (exact) mass is 360 g/mol. The Morgan fingerprint density at radius 3 is 2.77 bits per heavy atom. The molecule has 7 nitrogen and oxygen atoms in total. The van der Waals surface area contributed by atoms with Crippen LogP contribution in [0.25, 0.3) is 0 Å². The highest BCUT2D eigenvalue weighted by molar-refractivity contribution is 5.95. The number of aromatic nitrogens is 2. The van der Waals surface area contributed by atoms with Gasteiger partial charge in [-0.15, -0.1) is 0 Å². The summed E-state index contributed by atoms with van der Waals surface area (Å²) in [6, 6.07) is 1.99. The topological polar surface area (TPSA) is 84.4 Å². The molecule has 1 saturated heterocycles. The highest BCUT2D eigenvalue weighted by Gasteiger charge is 2.23. The number of nitrogens with zero attached hydrogens (tertiary/aromatic N) is 3. The molecule has 2 aromatic rings. The van der Waals surface area contributed by atoms with Gasteiger partial charge in [0.1, 0.15) is 11.5 Å². The third-order valence-electron chi connectivity index (χ3n) is 4.83. The summed E-state index contributed by atoms with van der Waals surface area (Å²) in [4.78, 5) is 19.2. The van der Waals surface area contributed by atoms with Crippen molar-refractivity contribution in [1.82, 2.24) is 20.4 Å². The van der Waals surface area contributed by atoms with Crippen LogP contribution in [-0.2, 0) is 13.0 Å². The summed E-state index contributed by atoms with van der Waals surface area (Å²) in [5, 5.41) is 7.20. The van der Waals surface area contributed by atoms with Crippen molar-refractivity contribution in [3.05, 3.63) is 34.9 Å². The van der Waals surface area contributed by atoms with Crippen molar-refractivity contribution < 1.29 is 13.7 Å². The van der Waals surface area contributed by atoms with E-state index < -0.39 is 0 Å². The van der Waals surface area contributed by atoms with E-state index in [4.69, 9.17) is 8.94 Å². The molecule has 0 saturated carbocycles. The number of piperidine rings is 1. The molecule has 1 aliphatic heterocycles. The van der Waals surface area contributed by atoms with Gasteiger partial charge in [0, 0.05) is 25.6 Å². The molecule has 3 heterocycles. The number of amides is 1. The van der Waals surface area contributed by atoms with Crippen LogP contribution >= 0.6 is 0 Å². The van der Waals surface area contributed by atoms with Crippen LogP contribution in [0.5, 0.6) is 0 Å². The molecule has 2 aromatic heterocycles. The number of carbonyl (C=O) groups excluding carboxylic acids is 1. The first-order valence-corrected chi connectivity index (χ1v) is 9.47. The standard InChI is InChI=1S/C19H28N4O3/c1-4-5-6-18-21-17(22-26-18)12-23-9-7-15(8-10-23)20-19(24)16-11-13(2)25-14(16)3/h11,15H,4-10,12H2,1-3H3,(H,20,24). The third-order valence-corrected chi connectivity index (χ3v) is 4.83. The Hall–Kier alpha value is -2.15. The van der Waals surface area contributed by atoms with Gasteiger partial charge in [-0.25, -0.2) is 0 Å². The number of likely N-dealkylation sites (tertiary alicyclic amines) is 1. The second kappa shape index (κ2) is 8.49. The van der Waals surface area contributed by atoms with Gasteiger partial charge in [-0.1, -0.05) is 18.5 Å². The zero-order chi connectivity index (χ0) is 18.5. The van der Waals surface area contributed by atoms with Crippen LogP contribution in [-0.4, -0.2) is 40.1 Å². The molecular formula is C19H28N4O3. The Morgan fingerprint density at radius 2 is 2.12 bits per heavy atom. The van der Waals surface area contributed by atoms with Gasteiger partial charge >= 0.3 is 0 Å². The molecule has 3 rings (SSSR count). The van der Waals surface area contributed by atoms with Crippen LogP contribution in [0.2, 0.25) is 0 Å². The Morgan fingerprint density at radius 1 is 1.35 bits per heavy atom. The molecule has 0 aliphatic carbocycles. The number of rotatable bonds is 7. The second-order valence-corrected chi connectivity index (χ2v) is 7.06. The second-order valence-electron chi connectivity index (χ2n) is 7.06. The van der Waals surface area contributed by atoms with Gasteiger partial charge in [0.2, 0.25) is 5.89 Å². The fourth-order valence-corrected chi connectivity index (χ4v) is 3.34. The van der Waals surface area contributed by atoms with Crippen molar-refractivity contribution in [3.8, 4) is 0 Å². The Kier molecular flexibility index (Phi) is 6.08. The Bertz CT molecular complexity index is 729. The van der Waals surface area contributed by atoms with Gasteiger partial charge in [0.25, 0.3) is 5.91 Å². The van der Waals surface area contributed by atoms with Gasteiger partial charge in [0.15, 0.2) is 5.82 Å². The third kappa shape index (κ3) is 4.72. The molecule has 0 unspecified atom stereocenters. The molecule has 0 radical (unpaired) electrons. The van der Waals surface area contributed by atoms with Gasteiger partial charge in [-0.2, -0.15) is 4.98 Å². The minimum absolute atomic E-state index is 0.0449. The van der Waals surface area contributed by atoms with E-state index in [1.807, 2.05) is 13.8 Å². The van der Waals surface area contributed by atoms with E-state index in [0.717, 1.165) is 62.7 Å². The van der Waals surface area contributed by atoms with Crippen LogP contribution in [0, 0.1) is 13.8 Å². The molecule has 0 atom stereocenters. The molecule has 1 N–H and O–H groups in total. The van der Waals surface area contributed by atoms with Crippen molar-refractivity contribution in [2.24, 2.45) is 0 Å². The average molecular weight is 360 g/mol. The summed E-state index contributed by atoms with van der Waals surface area (Å²) in [6.45, 7) is 8.35. The predicted octanol–water partition coefficient (Wildman–Crippen LogP) is 3.02. The van der Waals surface area contributed by atoms with E-state index in [2.05, 4.69) is 27.3 Å². The van der Waals surface area contributed by atoms with Crippen molar-refractivity contribution in [1.29, 1.82) is 0 Å². The van der Waals surface area contributed by atoms with Gasteiger partial charge in [-0.05, 0) is 39.2 Å². The minimum atomic E-state index is -0.0449. The number of furan rings is 1. The lowest BCUT2D eigenvalue weighted by Crippen LogP contribution is -2.44. The molecule has 1 aliphatic rings. The fraction of sp³-hybridized carbons (Fsp3) is 0.632. The maximum atomic E-state index is 12.4. The van der Waals surface area contributed by atoms with E-state index in [9.17, 15) is 4.79 Å². The van der Waals surface area contributed by atoms with Crippen molar-refractivity contribution in [2.45, 2.75) is 65.5 Å². The van der Waals surface area contributed by atoms with Gasteiger partial charge in [0.05, 0.1) is 12.1 Å². The number of unbranched alkanes of at least 4 members (excludes halogenated alkanes) is 1. The van der Waals surface area contributed by atoms with Crippen LogP contribution in [0.4, 0.5) is 0 Å². The molecule has 0 bridgehead atoms. The molecule has 1 fully saturated rings. The Balaban J connectivity index is 1.44. The lowest BCUT2D eigenvalue weighted by Gasteiger charge is -2.31. The smallest absolute Gasteiger partial charge is 0.255 e. The number of hydrogen-bond donors (Lipinski definition) is 1. The first kappa shape index (κ1) is 18.6. The average Bonchev–Trinajstić information content (AvgIpc) is 3.20. The summed E-state index contributed by atoms with van der Waals surface area (Å²) < 4.78 is 10.7. The zero-order valence-electron chi connectivity index (χ0n) is 15.9. The largest absolute Gasteiger partial charge is 0.466 e. The normalized spacial score (nSPS) is 16.1. The number of aryl methyl sites for hydroxylation is 3. The van der Waals surface area contributed by atoms with Crippen molar-refractivity contribution >= 4 is 5.91 Å². The molecule has 26 heavy (non-hydrogen) atoms.